The first kappa shape index (κ1) is 19.9. The number of hydrogen-bond acceptors (Lipinski definition) is 5. The molecule has 0 radical (unpaired) electrons. The highest BCUT2D eigenvalue weighted by molar-refractivity contribution is 6.15. The van der Waals surface area contributed by atoms with Crippen molar-refractivity contribution in [2.75, 3.05) is 24.7 Å². The van der Waals surface area contributed by atoms with E-state index in [-0.39, 0.29) is 44.4 Å². The Bertz CT molecular complexity index is 987. The van der Waals surface area contributed by atoms with Gasteiger partial charge in [-0.2, -0.15) is 0 Å². The van der Waals surface area contributed by atoms with Gasteiger partial charge in [-0.05, 0) is 38.1 Å². The largest absolute Gasteiger partial charge is 0.490 e. The van der Waals surface area contributed by atoms with Crippen molar-refractivity contribution in [2.24, 2.45) is 0 Å². The van der Waals surface area contributed by atoms with Crippen LogP contribution in [0.3, 0.4) is 0 Å². The molecule has 4 rings (SSSR count). The second-order valence-corrected chi connectivity index (χ2v) is 7.41. The Kier molecular flexibility index (Phi) is 5.20. The minimum absolute atomic E-state index is 0.0177. The van der Waals surface area contributed by atoms with Gasteiger partial charge in [0.15, 0.2) is 0 Å². The molecule has 0 N–H and O–H groups in total. The Morgan fingerprint density at radius 1 is 1.07 bits per heavy atom. The molecule has 2 heterocycles. The third-order valence-corrected chi connectivity index (χ3v) is 5.62. The van der Waals surface area contributed by atoms with E-state index in [1.165, 1.54) is 9.80 Å². The molecule has 7 nitrogen and oxygen atoms in total. The molecule has 1 saturated heterocycles. The van der Waals surface area contributed by atoms with Gasteiger partial charge < -0.3 is 14.4 Å². The second-order valence-electron chi connectivity index (χ2n) is 7.41. The van der Waals surface area contributed by atoms with Crippen molar-refractivity contribution in [3.63, 3.8) is 0 Å². The van der Waals surface area contributed by atoms with E-state index in [2.05, 4.69) is 0 Å². The zero-order chi connectivity index (χ0) is 21.3. The van der Waals surface area contributed by atoms with Gasteiger partial charge in [-0.15, -0.1) is 0 Å². The molecular formula is C23H24N2O5. The van der Waals surface area contributed by atoms with E-state index >= 15 is 0 Å². The maximum atomic E-state index is 13.3. The molecular weight excluding hydrogens is 384 g/mol. The molecule has 0 spiro atoms. The molecule has 0 bridgehead atoms. The summed E-state index contributed by atoms with van der Waals surface area (Å²) in [6.45, 7) is 4.26. The topological polar surface area (TPSA) is 76.2 Å². The molecule has 0 unspecified atom stereocenters. The van der Waals surface area contributed by atoms with Gasteiger partial charge in [0.1, 0.15) is 19.0 Å². The number of para-hydroxylation sites is 1. The summed E-state index contributed by atoms with van der Waals surface area (Å²) in [4.78, 5) is 42.0. The summed E-state index contributed by atoms with van der Waals surface area (Å²) in [6, 6.07) is 14.5. The summed E-state index contributed by atoms with van der Waals surface area (Å²) in [6.07, 6.45) is 0.379. The lowest BCUT2D eigenvalue weighted by Gasteiger charge is -2.48. The molecule has 1 fully saturated rings. The molecule has 2 aliphatic rings. The van der Waals surface area contributed by atoms with Crippen molar-refractivity contribution in [2.45, 2.75) is 32.4 Å². The highest BCUT2D eigenvalue weighted by Crippen LogP contribution is 2.44. The fourth-order valence-corrected chi connectivity index (χ4v) is 4.22. The normalized spacial score (nSPS) is 20.1. The van der Waals surface area contributed by atoms with Gasteiger partial charge in [-0.3, -0.25) is 14.5 Å². The first-order chi connectivity index (χ1) is 14.5. The van der Waals surface area contributed by atoms with E-state index < -0.39 is 11.6 Å². The second kappa shape index (κ2) is 7.82. The lowest BCUT2D eigenvalue weighted by molar-refractivity contribution is -0.157. The highest BCUT2D eigenvalue weighted by atomic mass is 16.6. The van der Waals surface area contributed by atoms with Crippen LogP contribution in [0.4, 0.5) is 5.69 Å². The number of carbonyl (C=O) groups is 3. The lowest BCUT2D eigenvalue weighted by Crippen LogP contribution is -2.68. The number of nitrogens with zero attached hydrogens (tertiary/aromatic N) is 2. The molecule has 0 aromatic heterocycles. The Hall–Kier alpha value is -3.35. The molecule has 2 aromatic rings. The van der Waals surface area contributed by atoms with E-state index in [4.69, 9.17) is 9.47 Å². The average molecular weight is 408 g/mol. The van der Waals surface area contributed by atoms with Gasteiger partial charge >= 0.3 is 5.97 Å². The van der Waals surface area contributed by atoms with Crippen LogP contribution in [-0.4, -0.2) is 48.1 Å². The Morgan fingerprint density at radius 3 is 2.53 bits per heavy atom. The van der Waals surface area contributed by atoms with Crippen LogP contribution in [0.2, 0.25) is 0 Å². The van der Waals surface area contributed by atoms with Crippen LogP contribution >= 0.6 is 0 Å². The quantitative estimate of drug-likeness (QED) is 0.543. The first-order valence-corrected chi connectivity index (χ1v) is 10.1. The van der Waals surface area contributed by atoms with Crippen LogP contribution in [0.25, 0.3) is 0 Å². The summed E-state index contributed by atoms with van der Waals surface area (Å²) < 4.78 is 11.1. The van der Waals surface area contributed by atoms with E-state index in [0.717, 1.165) is 5.56 Å². The molecule has 0 saturated carbocycles. The number of aryl methyl sites for hydroxylation is 1. The van der Waals surface area contributed by atoms with E-state index in [9.17, 15) is 14.4 Å². The average Bonchev–Trinajstić information content (AvgIpc) is 3.11. The number of amides is 2. The molecule has 2 aliphatic heterocycles. The summed E-state index contributed by atoms with van der Waals surface area (Å²) >= 11 is 0. The fraction of sp³-hybridized carbons (Fsp3) is 0.348. The van der Waals surface area contributed by atoms with Crippen LogP contribution in [0.1, 0.15) is 35.7 Å². The number of fused-ring (bicyclic) bond motifs is 3. The third-order valence-electron chi connectivity index (χ3n) is 5.62. The van der Waals surface area contributed by atoms with Gasteiger partial charge in [0.25, 0.3) is 5.91 Å². The maximum Gasteiger partial charge on any atom is 0.353 e. The lowest BCUT2D eigenvalue weighted by atomic mass is 9.96. The molecule has 0 aliphatic carbocycles. The van der Waals surface area contributed by atoms with Gasteiger partial charge in [-0.25, -0.2) is 4.79 Å². The minimum Gasteiger partial charge on any atom is -0.490 e. The smallest absolute Gasteiger partial charge is 0.353 e. The standard InChI is InChI=1S/C23H24N2O5/c1-3-24-21(27)18-6-4-5-7-19(18)25-20(26)12-13-23(24,25)22(28)30-15-14-29-17-10-8-16(2)9-11-17/h4-11H,3,12-15H2,1-2H3/t23-/m0/s1. The van der Waals surface area contributed by atoms with Crippen molar-refractivity contribution >= 4 is 23.5 Å². The monoisotopic (exact) mass is 408 g/mol. The van der Waals surface area contributed by atoms with Crippen LogP contribution in [-0.2, 0) is 14.3 Å². The maximum absolute atomic E-state index is 13.3. The molecule has 1 atom stereocenters. The zero-order valence-electron chi connectivity index (χ0n) is 17.1. The predicted molar refractivity (Wildman–Crippen MR) is 110 cm³/mol. The van der Waals surface area contributed by atoms with Crippen molar-refractivity contribution in [1.29, 1.82) is 0 Å². The number of carbonyl (C=O) groups excluding carboxylic acids is 3. The predicted octanol–water partition coefficient (Wildman–Crippen LogP) is 2.92. The summed E-state index contributed by atoms with van der Waals surface area (Å²) in [7, 11) is 0. The number of esters is 1. The zero-order valence-corrected chi connectivity index (χ0v) is 17.1. The highest BCUT2D eigenvalue weighted by Gasteiger charge is 2.61. The number of benzene rings is 2. The number of rotatable bonds is 6. The number of hydrogen-bond donors (Lipinski definition) is 0. The van der Waals surface area contributed by atoms with Crippen LogP contribution < -0.4 is 9.64 Å². The minimum atomic E-state index is -1.44. The Morgan fingerprint density at radius 2 is 1.80 bits per heavy atom. The third kappa shape index (κ3) is 3.10. The number of likely N-dealkylation sites (N-methyl/N-ethyl adjacent to an activating group) is 1. The Balaban J connectivity index is 1.54. The first-order valence-electron chi connectivity index (χ1n) is 10.1. The van der Waals surface area contributed by atoms with Crippen LogP contribution in [0.15, 0.2) is 48.5 Å². The van der Waals surface area contributed by atoms with Gasteiger partial charge in [-0.1, -0.05) is 29.8 Å². The van der Waals surface area contributed by atoms with E-state index in [1.807, 2.05) is 31.2 Å². The van der Waals surface area contributed by atoms with Crippen molar-refractivity contribution in [3.05, 3.63) is 59.7 Å². The van der Waals surface area contributed by atoms with Crippen LogP contribution in [0, 0.1) is 6.92 Å². The fourth-order valence-electron chi connectivity index (χ4n) is 4.22. The van der Waals surface area contributed by atoms with E-state index in [1.54, 1.807) is 31.2 Å². The molecule has 30 heavy (non-hydrogen) atoms. The summed E-state index contributed by atoms with van der Waals surface area (Å²) in [5.41, 5.74) is 0.560. The SMILES string of the molecule is CCN1C(=O)c2ccccc2N2C(=O)CC[C@]12C(=O)OCCOc1ccc(C)cc1. The molecule has 2 aromatic carbocycles. The summed E-state index contributed by atoms with van der Waals surface area (Å²) in [5.74, 6) is -0.386. The van der Waals surface area contributed by atoms with E-state index in [0.29, 0.717) is 17.0 Å². The molecule has 7 heteroatoms. The van der Waals surface area contributed by atoms with Crippen molar-refractivity contribution in [1.82, 2.24) is 4.90 Å². The number of anilines is 1. The van der Waals surface area contributed by atoms with Gasteiger partial charge in [0, 0.05) is 19.4 Å². The van der Waals surface area contributed by atoms with Gasteiger partial charge in [0.05, 0.1) is 11.3 Å². The van der Waals surface area contributed by atoms with Crippen molar-refractivity contribution in [3.8, 4) is 5.75 Å². The number of ether oxygens (including phenoxy) is 2. The molecule has 2 amide bonds. The Labute approximate surface area is 175 Å². The van der Waals surface area contributed by atoms with Crippen molar-refractivity contribution < 1.29 is 23.9 Å². The molecule has 156 valence electrons. The van der Waals surface area contributed by atoms with Gasteiger partial charge in [0.2, 0.25) is 11.6 Å². The van der Waals surface area contributed by atoms with Crippen LogP contribution in [0.5, 0.6) is 5.75 Å². The summed E-state index contributed by atoms with van der Waals surface area (Å²) in [5, 5.41) is 0.